The number of phenolic OH excluding ortho intramolecular Hbond substituents is 1. The molecule has 1 aromatic heterocycles. The van der Waals surface area contributed by atoms with Gasteiger partial charge >= 0.3 is 5.97 Å². The molecule has 22 heavy (non-hydrogen) atoms. The molecule has 1 aliphatic heterocycles. The lowest BCUT2D eigenvalue weighted by atomic mass is 9.85. The zero-order valence-electron chi connectivity index (χ0n) is 11.6. The zero-order chi connectivity index (χ0) is 15.7. The van der Waals surface area contributed by atoms with Crippen LogP contribution in [0, 0.1) is 0 Å². The number of ether oxygens (including phenoxy) is 1. The van der Waals surface area contributed by atoms with E-state index in [1.807, 2.05) is 0 Å². The fourth-order valence-corrected chi connectivity index (χ4v) is 3.32. The van der Waals surface area contributed by atoms with Crippen molar-refractivity contribution in [3.05, 3.63) is 46.2 Å². The average Bonchev–Trinajstić information content (AvgIpc) is 3.12. The molecule has 0 aliphatic carbocycles. The summed E-state index contributed by atoms with van der Waals surface area (Å²) >= 11 is 1.40. The molecular formula is C16H14O5S. The van der Waals surface area contributed by atoms with Gasteiger partial charge in [0.25, 0.3) is 0 Å². The molecule has 1 unspecified atom stereocenters. The Morgan fingerprint density at radius 1 is 1.32 bits per heavy atom. The van der Waals surface area contributed by atoms with Crippen LogP contribution in [0.15, 0.2) is 35.0 Å². The molecule has 0 radical (unpaired) electrons. The van der Waals surface area contributed by atoms with Crippen molar-refractivity contribution in [1.29, 1.82) is 0 Å². The van der Waals surface area contributed by atoms with Crippen molar-refractivity contribution >= 4 is 23.1 Å². The number of carbonyl (C=O) groups excluding carboxylic acids is 1. The molecule has 0 fully saturated rings. The third-order valence-electron chi connectivity index (χ3n) is 3.77. The first-order valence-electron chi connectivity index (χ1n) is 6.80. The maximum absolute atomic E-state index is 12.8. The standard InChI is InChI=1S/C16H14O5S/c17-12-2-1-10-8-16(5-3-14(18)19,21-13(10)7-12)15(20)11-4-6-22-9-11/h1-2,4,6-7,9,17H,3,5,8H2,(H,18,19). The largest absolute Gasteiger partial charge is 0.508 e. The van der Waals surface area contributed by atoms with E-state index in [0.717, 1.165) is 5.56 Å². The highest BCUT2D eigenvalue weighted by Crippen LogP contribution is 2.41. The molecule has 0 amide bonds. The van der Waals surface area contributed by atoms with E-state index in [1.54, 1.807) is 22.9 Å². The van der Waals surface area contributed by atoms with Crippen molar-refractivity contribution in [1.82, 2.24) is 0 Å². The number of fused-ring (bicyclic) bond motifs is 1. The summed E-state index contributed by atoms with van der Waals surface area (Å²) in [5, 5.41) is 22.0. The topological polar surface area (TPSA) is 83.8 Å². The Labute approximate surface area is 130 Å². The maximum atomic E-state index is 12.8. The number of rotatable bonds is 5. The minimum absolute atomic E-state index is 0.0516. The van der Waals surface area contributed by atoms with Gasteiger partial charge in [0.05, 0.1) is 0 Å². The Balaban J connectivity index is 1.96. The van der Waals surface area contributed by atoms with E-state index in [4.69, 9.17) is 9.84 Å². The van der Waals surface area contributed by atoms with Gasteiger partial charge < -0.3 is 14.9 Å². The van der Waals surface area contributed by atoms with Crippen LogP contribution in [0.2, 0.25) is 0 Å². The van der Waals surface area contributed by atoms with Gasteiger partial charge in [0.1, 0.15) is 11.5 Å². The third kappa shape index (κ3) is 2.57. The van der Waals surface area contributed by atoms with Crippen molar-refractivity contribution in [3.63, 3.8) is 0 Å². The molecule has 1 aromatic carbocycles. The van der Waals surface area contributed by atoms with Gasteiger partial charge in [0, 0.05) is 36.3 Å². The van der Waals surface area contributed by atoms with Crippen molar-refractivity contribution in [2.45, 2.75) is 24.9 Å². The van der Waals surface area contributed by atoms with Crippen LogP contribution in [-0.4, -0.2) is 27.6 Å². The predicted octanol–water partition coefficient (Wildman–Crippen LogP) is 2.88. The minimum atomic E-state index is -1.21. The Kier molecular flexibility index (Phi) is 3.62. The second-order valence-corrected chi connectivity index (χ2v) is 6.08. The molecule has 0 saturated heterocycles. The minimum Gasteiger partial charge on any atom is -0.508 e. The van der Waals surface area contributed by atoms with E-state index in [0.29, 0.717) is 17.7 Å². The molecule has 3 rings (SSSR count). The first kappa shape index (κ1) is 14.6. The monoisotopic (exact) mass is 318 g/mol. The van der Waals surface area contributed by atoms with Crippen LogP contribution in [0.1, 0.15) is 28.8 Å². The van der Waals surface area contributed by atoms with Crippen molar-refractivity contribution in [2.24, 2.45) is 0 Å². The van der Waals surface area contributed by atoms with Gasteiger partial charge in [-0.05, 0) is 23.1 Å². The summed E-state index contributed by atoms with van der Waals surface area (Å²) in [7, 11) is 0. The molecular weight excluding hydrogens is 304 g/mol. The first-order valence-corrected chi connectivity index (χ1v) is 7.74. The Bertz CT molecular complexity index is 722. The number of phenols is 1. The normalized spacial score (nSPS) is 19.5. The Morgan fingerprint density at radius 3 is 2.82 bits per heavy atom. The second-order valence-electron chi connectivity index (χ2n) is 5.30. The van der Waals surface area contributed by atoms with Gasteiger partial charge in [-0.25, -0.2) is 0 Å². The number of thiophene rings is 1. The number of aromatic hydroxyl groups is 1. The lowest BCUT2D eigenvalue weighted by Gasteiger charge is -2.26. The fourth-order valence-electron chi connectivity index (χ4n) is 2.68. The van der Waals surface area contributed by atoms with E-state index in [-0.39, 0.29) is 24.4 Å². The number of carboxylic acid groups (broad SMARTS) is 1. The van der Waals surface area contributed by atoms with Crippen LogP contribution in [0.4, 0.5) is 0 Å². The zero-order valence-corrected chi connectivity index (χ0v) is 12.4. The summed E-state index contributed by atoms with van der Waals surface area (Å²) in [6, 6.07) is 6.40. The summed E-state index contributed by atoms with van der Waals surface area (Å²) < 4.78 is 5.84. The van der Waals surface area contributed by atoms with Crippen molar-refractivity contribution < 1.29 is 24.5 Å². The van der Waals surface area contributed by atoms with Crippen LogP contribution in [-0.2, 0) is 11.2 Å². The molecule has 0 spiro atoms. The Hall–Kier alpha value is -2.34. The van der Waals surface area contributed by atoms with Gasteiger partial charge in [-0.2, -0.15) is 11.3 Å². The summed E-state index contributed by atoms with van der Waals surface area (Å²) in [6.07, 6.45) is 0.243. The number of Topliss-reactive ketones (excluding diaryl/α,β-unsaturated/α-hetero) is 1. The van der Waals surface area contributed by atoms with E-state index >= 15 is 0 Å². The fraction of sp³-hybridized carbons (Fsp3) is 0.250. The van der Waals surface area contributed by atoms with Crippen molar-refractivity contribution in [2.75, 3.05) is 0 Å². The third-order valence-corrected chi connectivity index (χ3v) is 4.46. The molecule has 5 nitrogen and oxygen atoms in total. The smallest absolute Gasteiger partial charge is 0.303 e. The van der Waals surface area contributed by atoms with Crippen molar-refractivity contribution in [3.8, 4) is 11.5 Å². The number of aliphatic carboxylic acids is 1. The van der Waals surface area contributed by atoms with E-state index < -0.39 is 11.6 Å². The van der Waals surface area contributed by atoms with Crippen LogP contribution in [0.3, 0.4) is 0 Å². The van der Waals surface area contributed by atoms with Crippen LogP contribution < -0.4 is 4.74 Å². The molecule has 6 heteroatoms. The van der Waals surface area contributed by atoms with Gasteiger partial charge in [-0.3, -0.25) is 9.59 Å². The highest BCUT2D eigenvalue weighted by atomic mass is 32.1. The van der Waals surface area contributed by atoms with Gasteiger partial charge in [0.15, 0.2) is 5.60 Å². The number of carboxylic acids is 1. The lowest BCUT2D eigenvalue weighted by Crippen LogP contribution is -2.43. The van der Waals surface area contributed by atoms with Crippen LogP contribution in [0.25, 0.3) is 0 Å². The summed E-state index contributed by atoms with van der Waals surface area (Å²) in [5.74, 6) is -0.699. The molecule has 0 saturated carbocycles. The van der Waals surface area contributed by atoms with Gasteiger partial charge in [0.2, 0.25) is 5.78 Å². The van der Waals surface area contributed by atoms with Gasteiger partial charge in [-0.15, -0.1) is 0 Å². The van der Waals surface area contributed by atoms with E-state index in [1.165, 1.54) is 23.5 Å². The van der Waals surface area contributed by atoms with Crippen LogP contribution in [0.5, 0.6) is 11.5 Å². The molecule has 1 atom stereocenters. The molecule has 1 aliphatic rings. The summed E-state index contributed by atoms with van der Waals surface area (Å²) in [6.45, 7) is 0. The number of benzene rings is 1. The molecule has 2 heterocycles. The molecule has 114 valence electrons. The molecule has 2 N–H and O–H groups in total. The SMILES string of the molecule is O=C(O)CCC1(C(=O)c2ccsc2)Cc2ccc(O)cc2O1. The first-order chi connectivity index (χ1) is 10.5. The highest BCUT2D eigenvalue weighted by molar-refractivity contribution is 7.08. The highest BCUT2D eigenvalue weighted by Gasteiger charge is 2.46. The lowest BCUT2D eigenvalue weighted by molar-refractivity contribution is -0.137. The number of hydrogen-bond acceptors (Lipinski definition) is 5. The average molecular weight is 318 g/mol. The second kappa shape index (κ2) is 5.46. The van der Waals surface area contributed by atoms with E-state index in [2.05, 4.69) is 0 Å². The Morgan fingerprint density at radius 2 is 2.14 bits per heavy atom. The molecule has 0 bridgehead atoms. The number of carbonyl (C=O) groups is 2. The summed E-state index contributed by atoms with van der Waals surface area (Å²) in [4.78, 5) is 23.8. The van der Waals surface area contributed by atoms with E-state index in [9.17, 15) is 14.7 Å². The summed E-state index contributed by atoms with van der Waals surface area (Å²) in [5.41, 5.74) is 0.106. The van der Waals surface area contributed by atoms with Gasteiger partial charge in [-0.1, -0.05) is 6.07 Å². The number of ketones is 1. The van der Waals surface area contributed by atoms with Crippen LogP contribution >= 0.6 is 11.3 Å². The molecule has 2 aromatic rings. The number of hydrogen-bond donors (Lipinski definition) is 2. The quantitative estimate of drug-likeness (QED) is 0.828. The maximum Gasteiger partial charge on any atom is 0.303 e. The predicted molar refractivity (Wildman–Crippen MR) is 80.7 cm³/mol.